The van der Waals surface area contributed by atoms with Gasteiger partial charge in [-0.05, 0) is 29.8 Å². The Bertz CT molecular complexity index is 804. The van der Waals surface area contributed by atoms with Crippen molar-refractivity contribution in [2.75, 3.05) is 20.0 Å². The topological polar surface area (TPSA) is 70.3 Å². The molecule has 1 aromatic heterocycles. The summed E-state index contributed by atoms with van der Waals surface area (Å²) in [5.74, 6) is 1.57. The number of thioether (sulfide) groups is 1. The molecular formula is C19H19N3O2S. The zero-order valence-electron chi connectivity index (χ0n) is 14.0. The Kier molecular flexibility index (Phi) is 5.40. The lowest BCUT2D eigenvalue weighted by Crippen LogP contribution is -2.06. The van der Waals surface area contributed by atoms with Crippen LogP contribution in [-0.2, 0) is 0 Å². The monoisotopic (exact) mass is 353 g/mol. The second-order valence-electron chi connectivity index (χ2n) is 5.29. The minimum Gasteiger partial charge on any atom is -0.481 e. The number of ether oxygens (including phenoxy) is 2. The Morgan fingerprint density at radius 3 is 2.04 bits per heavy atom. The van der Waals surface area contributed by atoms with Gasteiger partial charge >= 0.3 is 0 Å². The SMILES string of the molecule is COc1cc(OC)nc([C@@H](Sc2ccc(N)cc2)c2ccccc2)n1. The van der Waals surface area contributed by atoms with Gasteiger partial charge in [-0.25, -0.2) is 0 Å². The second-order valence-corrected chi connectivity index (χ2v) is 6.47. The van der Waals surface area contributed by atoms with Crippen LogP contribution in [0.4, 0.5) is 5.69 Å². The predicted molar refractivity (Wildman–Crippen MR) is 100 cm³/mol. The van der Waals surface area contributed by atoms with E-state index in [1.54, 1.807) is 32.0 Å². The predicted octanol–water partition coefficient (Wildman–Crippen LogP) is 3.96. The van der Waals surface area contributed by atoms with E-state index in [0.717, 1.165) is 16.1 Å². The van der Waals surface area contributed by atoms with Crippen molar-refractivity contribution in [1.29, 1.82) is 0 Å². The highest BCUT2D eigenvalue weighted by Crippen LogP contribution is 2.40. The molecule has 0 aliphatic carbocycles. The first-order valence-corrected chi connectivity index (χ1v) is 8.61. The van der Waals surface area contributed by atoms with Crippen LogP contribution in [0.25, 0.3) is 0 Å². The summed E-state index contributed by atoms with van der Waals surface area (Å²) in [6.45, 7) is 0. The molecule has 25 heavy (non-hydrogen) atoms. The van der Waals surface area contributed by atoms with Crippen LogP contribution in [0.2, 0.25) is 0 Å². The summed E-state index contributed by atoms with van der Waals surface area (Å²) in [5, 5.41) is -0.103. The van der Waals surface area contributed by atoms with Gasteiger partial charge in [0.2, 0.25) is 11.8 Å². The third kappa shape index (κ3) is 4.22. The van der Waals surface area contributed by atoms with Crippen molar-refractivity contribution in [3.05, 3.63) is 72.1 Å². The maximum absolute atomic E-state index is 5.79. The van der Waals surface area contributed by atoms with Crippen molar-refractivity contribution >= 4 is 17.4 Å². The lowest BCUT2D eigenvalue weighted by molar-refractivity contribution is 0.368. The molecule has 0 amide bonds. The summed E-state index contributed by atoms with van der Waals surface area (Å²) in [6.07, 6.45) is 0. The first-order chi connectivity index (χ1) is 12.2. The maximum Gasteiger partial charge on any atom is 0.220 e. The molecule has 0 aliphatic rings. The van der Waals surface area contributed by atoms with E-state index >= 15 is 0 Å². The molecule has 1 atom stereocenters. The van der Waals surface area contributed by atoms with E-state index in [0.29, 0.717) is 17.6 Å². The molecule has 0 spiro atoms. The van der Waals surface area contributed by atoms with E-state index < -0.39 is 0 Å². The van der Waals surface area contributed by atoms with Crippen LogP contribution < -0.4 is 15.2 Å². The normalized spacial score (nSPS) is 11.8. The Balaban J connectivity index is 2.03. The van der Waals surface area contributed by atoms with Gasteiger partial charge < -0.3 is 15.2 Å². The number of nitrogens with two attached hydrogens (primary N) is 1. The average molecular weight is 353 g/mol. The molecule has 128 valence electrons. The Hall–Kier alpha value is -2.73. The zero-order chi connectivity index (χ0) is 17.6. The van der Waals surface area contributed by atoms with Crippen molar-refractivity contribution in [3.63, 3.8) is 0 Å². The van der Waals surface area contributed by atoms with Gasteiger partial charge in [-0.3, -0.25) is 0 Å². The molecule has 6 heteroatoms. The summed E-state index contributed by atoms with van der Waals surface area (Å²) < 4.78 is 10.6. The maximum atomic E-state index is 5.79. The molecule has 3 rings (SSSR count). The minimum absolute atomic E-state index is 0.103. The van der Waals surface area contributed by atoms with Crippen molar-refractivity contribution in [2.45, 2.75) is 10.1 Å². The van der Waals surface area contributed by atoms with Crippen molar-refractivity contribution < 1.29 is 9.47 Å². The Labute approximate surface area is 151 Å². The third-order valence-corrected chi connectivity index (χ3v) is 4.85. The smallest absolute Gasteiger partial charge is 0.220 e. The van der Waals surface area contributed by atoms with Crippen LogP contribution in [0.1, 0.15) is 16.6 Å². The van der Waals surface area contributed by atoms with Crippen molar-refractivity contribution in [1.82, 2.24) is 9.97 Å². The molecule has 1 heterocycles. The molecule has 0 radical (unpaired) electrons. The van der Waals surface area contributed by atoms with Gasteiger partial charge in [0.25, 0.3) is 0 Å². The summed E-state index contributed by atoms with van der Waals surface area (Å²) in [7, 11) is 3.16. The number of anilines is 1. The van der Waals surface area contributed by atoms with Crippen molar-refractivity contribution in [3.8, 4) is 11.8 Å². The van der Waals surface area contributed by atoms with E-state index in [4.69, 9.17) is 15.2 Å². The van der Waals surface area contributed by atoms with Crippen LogP contribution in [-0.4, -0.2) is 24.2 Å². The number of hydrogen-bond acceptors (Lipinski definition) is 6. The number of rotatable bonds is 6. The van der Waals surface area contributed by atoms with Gasteiger partial charge in [0.15, 0.2) is 5.82 Å². The Morgan fingerprint density at radius 1 is 0.880 bits per heavy atom. The fourth-order valence-corrected chi connectivity index (χ4v) is 3.40. The summed E-state index contributed by atoms with van der Waals surface area (Å²) in [4.78, 5) is 10.1. The molecule has 3 aromatic rings. The first kappa shape index (κ1) is 17.1. The number of nitrogen functional groups attached to an aromatic ring is 1. The molecule has 0 fully saturated rings. The fraction of sp³-hybridized carbons (Fsp3) is 0.158. The molecule has 2 N–H and O–H groups in total. The van der Waals surface area contributed by atoms with Crippen LogP contribution in [0, 0.1) is 0 Å². The standard InChI is InChI=1S/C19H19N3O2S/c1-23-16-12-17(24-2)22-19(21-16)18(13-6-4-3-5-7-13)25-15-10-8-14(20)9-11-15/h3-12,18H,20H2,1-2H3/t18-/m0/s1. The van der Waals surface area contributed by atoms with E-state index in [1.807, 2.05) is 42.5 Å². The largest absolute Gasteiger partial charge is 0.481 e. The zero-order valence-corrected chi connectivity index (χ0v) is 14.9. The van der Waals surface area contributed by atoms with Gasteiger partial charge in [0.05, 0.1) is 25.5 Å². The highest BCUT2D eigenvalue weighted by atomic mass is 32.2. The van der Waals surface area contributed by atoms with Crippen LogP contribution in [0.3, 0.4) is 0 Å². The summed E-state index contributed by atoms with van der Waals surface area (Å²) in [5.41, 5.74) is 7.62. The molecule has 0 bridgehead atoms. The highest BCUT2D eigenvalue weighted by Gasteiger charge is 2.21. The van der Waals surface area contributed by atoms with Crippen LogP contribution in [0.15, 0.2) is 65.6 Å². The first-order valence-electron chi connectivity index (χ1n) is 7.73. The molecule has 0 unspecified atom stereocenters. The minimum atomic E-state index is -0.103. The molecule has 0 aliphatic heterocycles. The molecular weight excluding hydrogens is 334 g/mol. The quantitative estimate of drug-likeness (QED) is 0.534. The van der Waals surface area contributed by atoms with Crippen LogP contribution >= 0.6 is 11.8 Å². The van der Waals surface area contributed by atoms with Crippen LogP contribution in [0.5, 0.6) is 11.8 Å². The summed E-state index contributed by atoms with van der Waals surface area (Å²) in [6, 6.07) is 19.5. The molecule has 0 saturated heterocycles. The van der Waals surface area contributed by atoms with Gasteiger partial charge in [0.1, 0.15) is 0 Å². The van der Waals surface area contributed by atoms with E-state index in [1.165, 1.54) is 0 Å². The van der Waals surface area contributed by atoms with Gasteiger partial charge in [-0.2, -0.15) is 9.97 Å². The molecule has 5 nitrogen and oxygen atoms in total. The van der Waals surface area contributed by atoms with Gasteiger partial charge in [-0.15, -0.1) is 11.8 Å². The van der Waals surface area contributed by atoms with Gasteiger partial charge in [-0.1, -0.05) is 30.3 Å². The lowest BCUT2D eigenvalue weighted by atomic mass is 10.1. The number of aromatic nitrogens is 2. The highest BCUT2D eigenvalue weighted by molar-refractivity contribution is 7.99. The Morgan fingerprint density at radius 2 is 1.48 bits per heavy atom. The van der Waals surface area contributed by atoms with E-state index in [9.17, 15) is 0 Å². The van der Waals surface area contributed by atoms with Gasteiger partial charge in [0, 0.05) is 10.6 Å². The molecule has 2 aromatic carbocycles. The molecule has 0 saturated carbocycles. The second kappa shape index (κ2) is 7.90. The third-order valence-electron chi connectivity index (χ3n) is 3.59. The average Bonchev–Trinajstić information content (AvgIpc) is 2.67. The summed E-state index contributed by atoms with van der Waals surface area (Å²) >= 11 is 1.65. The lowest BCUT2D eigenvalue weighted by Gasteiger charge is -2.17. The number of benzene rings is 2. The van der Waals surface area contributed by atoms with E-state index in [-0.39, 0.29) is 5.25 Å². The number of nitrogens with zero attached hydrogens (tertiary/aromatic N) is 2. The number of methoxy groups -OCH3 is 2. The van der Waals surface area contributed by atoms with E-state index in [2.05, 4.69) is 22.1 Å². The fourth-order valence-electron chi connectivity index (χ4n) is 2.33. The van der Waals surface area contributed by atoms with Crippen molar-refractivity contribution in [2.24, 2.45) is 0 Å². The number of hydrogen-bond donors (Lipinski definition) is 1.